The van der Waals surface area contributed by atoms with Crippen molar-refractivity contribution in [2.45, 2.75) is 25.7 Å². The van der Waals surface area contributed by atoms with Crippen LogP contribution >= 0.6 is 0 Å². The third-order valence-corrected chi connectivity index (χ3v) is 2.76. The Labute approximate surface area is 88.1 Å². The van der Waals surface area contributed by atoms with Gasteiger partial charge in [0.2, 0.25) is 5.91 Å². The first-order valence-electron chi connectivity index (χ1n) is 5.04. The van der Waals surface area contributed by atoms with Crippen LogP contribution in [0.1, 0.15) is 25.7 Å². The topological polar surface area (TPSA) is 90.2 Å². The Morgan fingerprint density at radius 1 is 1.33 bits per heavy atom. The predicted octanol–water partition coefficient (Wildman–Crippen LogP) is 0.517. The Bertz CT molecular complexity index is 296. The molecule has 0 aromatic heterocycles. The molecule has 5 nitrogen and oxygen atoms in total. The average Bonchev–Trinajstić information content (AvgIpc) is 2.25. The van der Waals surface area contributed by atoms with Crippen LogP contribution in [-0.4, -0.2) is 23.5 Å². The van der Waals surface area contributed by atoms with Crippen molar-refractivity contribution < 1.29 is 14.7 Å². The summed E-state index contributed by atoms with van der Waals surface area (Å²) in [7, 11) is 0. The number of aliphatic carboxylic acids is 1. The maximum Gasteiger partial charge on any atom is 0.307 e. The Morgan fingerprint density at radius 2 is 1.93 bits per heavy atom. The number of rotatable bonds is 3. The van der Waals surface area contributed by atoms with Crippen LogP contribution in [0.25, 0.3) is 0 Å². The number of nitriles is 1. The van der Waals surface area contributed by atoms with Crippen LogP contribution in [0.5, 0.6) is 0 Å². The zero-order valence-electron chi connectivity index (χ0n) is 8.40. The van der Waals surface area contributed by atoms with Crippen molar-refractivity contribution in [1.82, 2.24) is 5.32 Å². The molecular formula is C10H14N2O3. The molecule has 0 saturated heterocycles. The van der Waals surface area contributed by atoms with Gasteiger partial charge in [-0.05, 0) is 12.8 Å². The molecule has 0 aliphatic heterocycles. The van der Waals surface area contributed by atoms with E-state index in [1.54, 1.807) is 6.07 Å². The minimum absolute atomic E-state index is 0.0539. The van der Waals surface area contributed by atoms with E-state index in [1.165, 1.54) is 0 Å². The molecular weight excluding hydrogens is 196 g/mol. The number of carbonyl (C=O) groups excluding carboxylic acids is 1. The van der Waals surface area contributed by atoms with E-state index < -0.39 is 17.8 Å². The summed E-state index contributed by atoms with van der Waals surface area (Å²) in [6.07, 6.45) is 2.90. The minimum Gasteiger partial charge on any atom is -0.481 e. The number of carbonyl (C=O) groups is 2. The van der Waals surface area contributed by atoms with Crippen molar-refractivity contribution in [3.05, 3.63) is 0 Å². The fraction of sp³-hybridized carbons (Fsp3) is 0.700. The number of hydrogen-bond donors (Lipinski definition) is 2. The standard InChI is InChI=1S/C10H14N2O3/c11-5-6-12-9(13)7-3-1-2-4-8(7)10(14)15/h7-8H,1-4,6H2,(H,12,13)(H,14,15)/t7-,8+/m0/s1. The summed E-state index contributed by atoms with van der Waals surface area (Å²) in [5, 5.41) is 19.7. The van der Waals surface area contributed by atoms with Crippen LogP contribution in [0.4, 0.5) is 0 Å². The van der Waals surface area contributed by atoms with Gasteiger partial charge in [-0.15, -0.1) is 0 Å². The number of nitrogens with zero attached hydrogens (tertiary/aromatic N) is 1. The number of amides is 1. The van der Waals surface area contributed by atoms with E-state index in [0.29, 0.717) is 12.8 Å². The van der Waals surface area contributed by atoms with Crippen LogP contribution in [-0.2, 0) is 9.59 Å². The van der Waals surface area contributed by atoms with E-state index in [9.17, 15) is 9.59 Å². The summed E-state index contributed by atoms with van der Waals surface area (Å²) < 4.78 is 0. The lowest BCUT2D eigenvalue weighted by molar-refractivity contribution is -0.148. The third kappa shape index (κ3) is 2.94. The third-order valence-electron chi connectivity index (χ3n) is 2.76. The Kier molecular flexibility index (Phi) is 4.10. The van der Waals surface area contributed by atoms with Crippen molar-refractivity contribution in [2.75, 3.05) is 6.54 Å². The van der Waals surface area contributed by atoms with Gasteiger partial charge in [0.1, 0.15) is 6.54 Å². The largest absolute Gasteiger partial charge is 0.481 e. The molecule has 1 saturated carbocycles. The van der Waals surface area contributed by atoms with Crippen LogP contribution in [0.15, 0.2) is 0 Å². The summed E-state index contributed by atoms with van der Waals surface area (Å²) in [5.74, 6) is -2.27. The van der Waals surface area contributed by atoms with Crippen LogP contribution < -0.4 is 5.32 Å². The van der Waals surface area contributed by atoms with Gasteiger partial charge in [-0.2, -0.15) is 5.26 Å². The van der Waals surface area contributed by atoms with Gasteiger partial charge >= 0.3 is 5.97 Å². The maximum atomic E-state index is 11.5. The lowest BCUT2D eigenvalue weighted by Crippen LogP contribution is -2.39. The Balaban J connectivity index is 2.60. The molecule has 15 heavy (non-hydrogen) atoms. The highest BCUT2D eigenvalue weighted by atomic mass is 16.4. The molecule has 1 rings (SSSR count). The second-order valence-corrected chi connectivity index (χ2v) is 3.71. The molecule has 1 aliphatic carbocycles. The molecule has 5 heteroatoms. The van der Waals surface area contributed by atoms with E-state index in [-0.39, 0.29) is 12.5 Å². The van der Waals surface area contributed by atoms with Crippen LogP contribution in [0.2, 0.25) is 0 Å². The fourth-order valence-electron chi connectivity index (χ4n) is 2.00. The van der Waals surface area contributed by atoms with E-state index in [4.69, 9.17) is 10.4 Å². The monoisotopic (exact) mass is 210 g/mol. The van der Waals surface area contributed by atoms with E-state index in [0.717, 1.165) is 12.8 Å². The van der Waals surface area contributed by atoms with E-state index in [2.05, 4.69) is 5.32 Å². The van der Waals surface area contributed by atoms with Gasteiger partial charge < -0.3 is 10.4 Å². The van der Waals surface area contributed by atoms with Crippen molar-refractivity contribution in [1.29, 1.82) is 5.26 Å². The molecule has 0 bridgehead atoms. The number of nitrogens with one attached hydrogen (secondary N) is 1. The van der Waals surface area contributed by atoms with Crippen molar-refractivity contribution in [3.8, 4) is 6.07 Å². The zero-order valence-corrected chi connectivity index (χ0v) is 8.40. The van der Waals surface area contributed by atoms with Gasteiger partial charge in [0.25, 0.3) is 0 Å². The van der Waals surface area contributed by atoms with Gasteiger partial charge in [-0.1, -0.05) is 12.8 Å². The number of carboxylic acids is 1. The molecule has 82 valence electrons. The first-order valence-corrected chi connectivity index (χ1v) is 5.04. The Hall–Kier alpha value is -1.57. The first kappa shape index (κ1) is 11.5. The molecule has 0 heterocycles. The molecule has 1 fully saturated rings. The van der Waals surface area contributed by atoms with Gasteiger partial charge in [-0.25, -0.2) is 0 Å². The zero-order chi connectivity index (χ0) is 11.3. The molecule has 1 aliphatic rings. The predicted molar refractivity (Wildman–Crippen MR) is 51.7 cm³/mol. The average molecular weight is 210 g/mol. The molecule has 2 atom stereocenters. The van der Waals surface area contributed by atoms with E-state index >= 15 is 0 Å². The second kappa shape index (κ2) is 5.35. The molecule has 0 unspecified atom stereocenters. The molecule has 0 aromatic carbocycles. The van der Waals surface area contributed by atoms with Crippen LogP contribution in [0.3, 0.4) is 0 Å². The SMILES string of the molecule is N#CCNC(=O)[C@H]1CCCC[C@H]1C(=O)O. The quantitative estimate of drug-likeness (QED) is 0.664. The lowest BCUT2D eigenvalue weighted by atomic mass is 9.79. The normalized spacial score (nSPS) is 25.3. The minimum atomic E-state index is -0.910. The summed E-state index contributed by atoms with van der Waals surface area (Å²) >= 11 is 0. The van der Waals surface area contributed by atoms with Crippen molar-refractivity contribution in [3.63, 3.8) is 0 Å². The fourth-order valence-corrected chi connectivity index (χ4v) is 2.00. The highest BCUT2D eigenvalue weighted by Crippen LogP contribution is 2.30. The van der Waals surface area contributed by atoms with Crippen molar-refractivity contribution >= 4 is 11.9 Å². The van der Waals surface area contributed by atoms with Crippen LogP contribution in [0, 0.1) is 23.2 Å². The smallest absolute Gasteiger partial charge is 0.307 e. The van der Waals surface area contributed by atoms with Crippen molar-refractivity contribution in [2.24, 2.45) is 11.8 Å². The second-order valence-electron chi connectivity index (χ2n) is 3.71. The highest BCUT2D eigenvalue weighted by molar-refractivity contribution is 5.84. The Morgan fingerprint density at radius 3 is 2.47 bits per heavy atom. The summed E-state index contributed by atoms with van der Waals surface area (Å²) in [5.41, 5.74) is 0. The highest BCUT2D eigenvalue weighted by Gasteiger charge is 2.35. The van der Waals surface area contributed by atoms with Gasteiger partial charge in [0.15, 0.2) is 0 Å². The number of hydrogen-bond acceptors (Lipinski definition) is 3. The van der Waals surface area contributed by atoms with Gasteiger partial charge in [0, 0.05) is 0 Å². The summed E-state index contributed by atoms with van der Waals surface area (Å²) in [6, 6.07) is 1.80. The van der Waals surface area contributed by atoms with Gasteiger partial charge in [0.05, 0.1) is 17.9 Å². The molecule has 2 N–H and O–H groups in total. The van der Waals surface area contributed by atoms with Gasteiger partial charge in [-0.3, -0.25) is 9.59 Å². The maximum absolute atomic E-state index is 11.5. The summed E-state index contributed by atoms with van der Waals surface area (Å²) in [4.78, 5) is 22.4. The molecule has 0 spiro atoms. The number of carboxylic acid groups (broad SMARTS) is 1. The molecule has 0 aromatic rings. The molecule has 0 radical (unpaired) electrons. The molecule has 1 amide bonds. The van der Waals surface area contributed by atoms with E-state index in [1.807, 2.05) is 0 Å². The lowest BCUT2D eigenvalue weighted by Gasteiger charge is -2.26. The summed E-state index contributed by atoms with van der Waals surface area (Å²) in [6.45, 7) is -0.0539. The first-order chi connectivity index (χ1) is 7.16.